The third-order valence-corrected chi connectivity index (χ3v) is 5.87. The molecule has 1 saturated carbocycles. The van der Waals surface area contributed by atoms with Gasteiger partial charge in [0, 0.05) is 16.7 Å². The van der Waals surface area contributed by atoms with Gasteiger partial charge in [-0.1, -0.05) is 0 Å². The van der Waals surface area contributed by atoms with Gasteiger partial charge in [-0.15, -0.1) is 0 Å². The summed E-state index contributed by atoms with van der Waals surface area (Å²) in [7, 11) is -2.72. The number of hydrogen-bond donors (Lipinski definition) is 1. The molecule has 0 atom stereocenters. The second-order valence-corrected chi connectivity index (χ2v) is 8.75. The summed E-state index contributed by atoms with van der Waals surface area (Å²) in [6.07, 6.45) is 0.995. The van der Waals surface area contributed by atoms with Gasteiger partial charge in [0.2, 0.25) is 10.0 Å². The fraction of sp³-hybridized carbons (Fsp3) is 0.333. The smallest absolute Gasteiger partial charge is 0.277 e. The molecule has 1 aromatic carbocycles. The van der Waals surface area contributed by atoms with Gasteiger partial charge in [0.1, 0.15) is 5.69 Å². The van der Waals surface area contributed by atoms with E-state index in [9.17, 15) is 26.9 Å². The van der Waals surface area contributed by atoms with E-state index in [4.69, 9.17) is 10.7 Å². The van der Waals surface area contributed by atoms with Crippen molar-refractivity contribution in [3.63, 3.8) is 0 Å². The van der Waals surface area contributed by atoms with Gasteiger partial charge in [-0.05, 0) is 25.0 Å². The molecule has 1 aliphatic carbocycles. The number of benzene rings is 1. The Bertz CT molecular complexity index is 770. The van der Waals surface area contributed by atoms with Gasteiger partial charge < -0.3 is 0 Å². The summed E-state index contributed by atoms with van der Waals surface area (Å²) in [5.41, 5.74) is -0.957. The number of nitro groups is 1. The van der Waals surface area contributed by atoms with E-state index >= 15 is 0 Å². The number of nitro benzene ring substituents is 1. The first kappa shape index (κ1) is 15.0. The summed E-state index contributed by atoms with van der Waals surface area (Å²) < 4.78 is 47.8. The third-order valence-electron chi connectivity index (χ3n) is 2.66. The van der Waals surface area contributed by atoms with E-state index in [1.165, 1.54) is 0 Å². The van der Waals surface area contributed by atoms with E-state index in [-0.39, 0.29) is 5.69 Å². The Balaban J connectivity index is 2.46. The average molecular weight is 341 g/mol. The van der Waals surface area contributed by atoms with Crippen LogP contribution in [-0.2, 0) is 19.1 Å². The highest BCUT2D eigenvalue weighted by Crippen LogP contribution is 2.34. The molecule has 1 aliphatic rings. The number of sulfonamides is 1. The zero-order valence-electron chi connectivity index (χ0n) is 9.81. The van der Waals surface area contributed by atoms with Crippen LogP contribution in [0.25, 0.3) is 0 Å². The van der Waals surface area contributed by atoms with Crippen molar-refractivity contribution in [3.8, 4) is 0 Å². The molecule has 0 saturated heterocycles. The second-order valence-electron chi connectivity index (χ2n) is 4.22. The van der Waals surface area contributed by atoms with Crippen molar-refractivity contribution >= 4 is 41.1 Å². The van der Waals surface area contributed by atoms with Crippen molar-refractivity contribution in [2.24, 2.45) is 0 Å². The standard InChI is InChI=1S/C9H9ClN2O6S2/c10-19(15,16)7-3-4-8(9(5-7)12(13)14)11-20(17,18)6-1-2-6/h3-6,11H,1-2H2. The molecule has 110 valence electrons. The van der Waals surface area contributed by atoms with Crippen LogP contribution in [0.4, 0.5) is 11.4 Å². The van der Waals surface area contributed by atoms with Crippen molar-refractivity contribution in [2.75, 3.05) is 4.72 Å². The Morgan fingerprint density at radius 3 is 2.30 bits per heavy atom. The quantitative estimate of drug-likeness (QED) is 0.491. The summed E-state index contributed by atoms with van der Waals surface area (Å²) in [5.74, 6) is 0. The summed E-state index contributed by atoms with van der Waals surface area (Å²) in [4.78, 5) is 9.55. The number of halogens is 1. The lowest BCUT2D eigenvalue weighted by Gasteiger charge is -2.08. The zero-order chi connectivity index (χ0) is 15.1. The van der Waals surface area contributed by atoms with Crippen molar-refractivity contribution in [3.05, 3.63) is 28.3 Å². The molecule has 0 aliphatic heterocycles. The lowest BCUT2D eigenvalue weighted by molar-refractivity contribution is -0.384. The van der Waals surface area contributed by atoms with Crippen LogP contribution in [0.2, 0.25) is 0 Å². The average Bonchev–Trinajstić information content (AvgIpc) is 3.10. The van der Waals surface area contributed by atoms with Crippen LogP contribution < -0.4 is 4.72 Å². The summed E-state index contributed by atoms with van der Waals surface area (Å²) in [6.45, 7) is 0. The van der Waals surface area contributed by atoms with E-state index in [1.54, 1.807) is 0 Å². The van der Waals surface area contributed by atoms with Crippen LogP contribution in [0.1, 0.15) is 12.8 Å². The maximum atomic E-state index is 11.7. The lowest BCUT2D eigenvalue weighted by Crippen LogP contribution is -2.18. The highest BCUT2D eigenvalue weighted by Gasteiger charge is 2.37. The predicted octanol–water partition coefficient (Wildman–Crippen LogP) is 1.43. The van der Waals surface area contributed by atoms with Crippen LogP contribution in [0, 0.1) is 10.1 Å². The Hall–Kier alpha value is -1.39. The fourth-order valence-corrected chi connectivity index (χ4v) is 3.69. The van der Waals surface area contributed by atoms with Crippen LogP contribution in [-0.4, -0.2) is 27.0 Å². The molecule has 0 bridgehead atoms. The van der Waals surface area contributed by atoms with Crippen molar-refractivity contribution in [1.29, 1.82) is 0 Å². The summed E-state index contributed by atoms with van der Waals surface area (Å²) >= 11 is 0. The fourth-order valence-electron chi connectivity index (χ4n) is 1.52. The predicted molar refractivity (Wildman–Crippen MR) is 71.7 cm³/mol. The Kier molecular flexibility index (Phi) is 3.65. The topological polar surface area (TPSA) is 123 Å². The second kappa shape index (κ2) is 4.86. The number of nitrogens with zero attached hydrogens (tertiary/aromatic N) is 1. The van der Waals surface area contributed by atoms with Crippen LogP contribution >= 0.6 is 10.7 Å². The highest BCUT2D eigenvalue weighted by atomic mass is 35.7. The maximum Gasteiger partial charge on any atom is 0.294 e. The minimum atomic E-state index is -4.13. The molecule has 2 rings (SSSR count). The molecule has 0 spiro atoms. The molecule has 0 amide bonds. The Morgan fingerprint density at radius 2 is 1.85 bits per heavy atom. The van der Waals surface area contributed by atoms with E-state index in [1.807, 2.05) is 0 Å². The van der Waals surface area contributed by atoms with Gasteiger partial charge >= 0.3 is 0 Å². The normalized spacial score (nSPS) is 15.8. The van der Waals surface area contributed by atoms with Gasteiger partial charge in [0.05, 0.1) is 15.1 Å². The third kappa shape index (κ3) is 3.19. The largest absolute Gasteiger partial charge is 0.294 e. The summed E-state index contributed by atoms with van der Waals surface area (Å²) in [6, 6.07) is 2.72. The van der Waals surface area contributed by atoms with Gasteiger partial charge in [0.15, 0.2) is 0 Å². The first-order valence-electron chi connectivity index (χ1n) is 5.36. The molecule has 11 heteroatoms. The molecule has 1 fully saturated rings. The first-order chi connectivity index (χ1) is 9.11. The Morgan fingerprint density at radius 1 is 1.25 bits per heavy atom. The number of rotatable bonds is 5. The van der Waals surface area contributed by atoms with E-state index in [0.29, 0.717) is 18.9 Å². The number of anilines is 1. The molecule has 0 aromatic heterocycles. The van der Waals surface area contributed by atoms with Crippen LogP contribution in [0.3, 0.4) is 0 Å². The molecular weight excluding hydrogens is 332 g/mol. The van der Waals surface area contributed by atoms with Crippen LogP contribution in [0.15, 0.2) is 23.1 Å². The summed E-state index contributed by atoms with van der Waals surface area (Å²) in [5, 5.41) is 10.3. The van der Waals surface area contributed by atoms with Crippen molar-refractivity contribution in [1.82, 2.24) is 0 Å². The van der Waals surface area contributed by atoms with Gasteiger partial charge in [-0.3, -0.25) is 14.8 Å². The van der Waals surface area contributed by atoms with E-state index < -0.39 is 39.8 Å². The minimum Gasteiger partial charge on any atom is -0.277 e. The van der Waals surface area contributed by atoms with Gasteiger partial charge in [0.25, 0.3) is 14.7 Å². The zero-order valence-corrected chi connectivity index (χ0v) is 12.2. The first-order valence-corrected chi connectivity index (χ1v) is 9.21. The SMILES string of the molecule is O=[N+]([O-])c1cc(S(=O)(=O)Cl)ccc1NS(=O)(=O)C1CC1. The Labute approximate surface area is 119 Å². The monoisotopic (exact) mass is 340 g/mol. The molecule has 0 heterocycles. The molecule has 1 aromatic rings. The molecule has 20 heavy (non-hydrogen) atoms. The molecule has 1 N–H and O–H groups in total. The molecular formula is C9H9ClN2O6S2. The highest BCUT2D eigenvalue weighted by molar-refractivity contribution is 8.13. The van der Waals surface area contributed by atoms with Crippen molar-refractivity contribution in [2.45, 2.75) is 23.0 Å². The van der Waals surface area contributed by atoms with E-state index in [2.05, 4.69) is 4.72 Å². The van der Waals surface area contributed by atoms with Crippen molar-refractivity contribution < 1.29 is 21.8 Å². The minimum absolute atomic E-state index is 0.286. The number of hydrogen-bond acceptors (Lipinski definition) is 6. The van der Waals surface area contributed by atoms with E-state index in [0.717, 1.165) is 12.1 Å². The molecule has 0 unspecified atom stereocenters. The van der Waals surface area contributed by atoms with Crippen LogP contribution in [0.5, 0.6) is 0 Å². The molecule has 0 radical (unpaired) electrons. The molecule has 8 nitrogen and oxygen atoms in total. The van der Waals surface area contributed by atoms with Gasteiger partial charge in [-0.25, -0.2) is 16.8 Å². The maximum absolute atomic E-state index is 11.7. The lowest BCUT2D eigenvalue weighted by atomic mass is 10.3. The number of nitrogens with one attached hydrogen (secondary N) is 1. The van der Waals surface area contributed by atoms with Gasteiger partial charge in [-0.2, -0.15) is 0 Å².